The summed E-state index contributed by atoms with van der Waals surface area (Å²) in [6.07, 6.45) is 4.79. The highest BCUT2D eigenvalue weighted by atomic mass is 16.6. The number of carbonyl (C=O) groups is 3. The molecule has 0 fully saturated rings. The summed E-state index contributed by atoms with van der Waals surface area (Å²) in [6, 6.07) is 13.6. The van der Waals surface area contributed by atoms with E-state index in [4.69, 9.17) is 4.74 Å². The number of alkyl carbamates (subject to hydrolysis) is 1. The Morgan fingerprint density at radius 3 is 2.05 bits per heavy atom. The van der Waals surface area contributed by atoms with Gasteiger partial charge in [-0.1, -0.05) is 95.0 Å². The molecule has 0 aliphatic rings. The van der Waals surface area contributed by atoms with Gasteiger partial charge in [0, 0.05) is 12.2 Å². The molecule has 2 atom stereocenters. The molecule has 226 valence electrons. The third-order valence-corrected chi connectivity index (χ3v) is 6.89. The van der Waals surface area contributed by atoms with Crippen molar-refractivity contribution < 1.29 is 19.1 Å². The number of anilines is 1. The average molecular weight is 566 g/mol. The van der Waals surface area contributed by atoms with E-state index in [1.165, 1.54) is 0 Å². The summed E-state index contributed by atoms with van der Waals surface area (Å²) in [4.78, 5) is 43.0. The molecule has 41 heavy (non-hydrogen) atoms. The molecule has 0 saturated heterocycles. The number of benzene rings is 2. The van der Waals surface area contributed by atoms with Crippen molar-refractivity contribution in [2.75, 3.05) is 11.9 Å². The van der Waals surface area contributed by atoms with E-state index >= 15 is 0 Å². The van der Waals surface area contributed by atoms with Crippen LogP contribution in [0.2, 0.25) is 0 Å². The number of unbranched alkanes of at least 4 members (excludes halogenated alkanes) is 4. The Labute approximate surface area is 247 Å². The van der Waals surface area contributed by atoms with Gasteiger partial charge in [0.25, 0.3) is 5.91 Å². The Morgan fingerprint density at radius 2 is 1.49 bits per heavy atom. The van der Waals surface area contributed by atoms with E-state index in [2.05, 4.69) is 17.6 Å². The molecule has 0 aromatic heterocycles. The fraction of sp³-hybridized carbons (Fsp3) is 0.559. The number of ether oxygens (including phenoxy) is 1. The molecule has 0 spiro atoms. The van der Waals surface area contributed by atoms with Crippen LogP contribution < -0.4 is 10.6 Å². The molecule has 0 bridgehead atoms. The summed E-state index contributed by atoms with van der Waals surface area (Å²) in [5, 5.41) is 5.95. The van der Waals surface area contributed by atoms with Crippen LogP contribution in [-0.2, 0) is 14.3 Å². The van der Waals surface area contributed by atoms with Gasteiger partial charge in [-0.05, 0) is 70.1 Å². The standard InChI is InChI=1S/C34H51N3O4/c1-9-10-11-12-16-22-37(32(39)28(23-24(2)3)35-33(40)41-34(6,7)8)30(27-20-14-13-15-21-27)31(38)36-29-25(4)18-17-19-26(29)5/h13-15,17-21,24,28,30H,9-12,16,22-23H2,1-8H3,(H,35,40)(H,36,38). The van der Waals surface area contributed by atoms with Crippen LogP contribution in [0, 0.1) is 19.8 Å². The van der Waals surface area contributed by atoms with Crippen molar-refractivity contribution in [3.8, 4) is 0 Å². The summed E-state index contributed by atoms with van der Waals surface area (Å²) in [5.41, 5.74) is 2.67. The Morgan fingerprint density at radius 1 is 0.878 bits per heavy atom. The van der Waals surface area contributed by atoms with Crippen molar-refractivity contribution in [2.24, 2.45) is 5.92 Å². The SMILES string of the molecule is CCCCCCCN(C(=O)C(CC(C)C)NC(=O)OC(C)(C)C)C(C(=O)Nc1c(C)cccc1C)c1ccccc1. The van der Waals surface area contributed by atoms with Crippen LogP contribution in [0.3, 0.4) is 0 Å². The van der Waals surface area contributed by atoms with Gasteiger partial charge in [0.05, 0.1) is 0 Å². The summed E-state index contributed by atoms with van der Waals surface area (Å²) in [7, 11) is 0. The maximum atomic E-state index is 14.4. The second kappa shape index (κ2) is 16.2. The number of aryl methyl sites for hydroxylation is 2. The maximum Gasteiger partial charge on any atom is 0.408 e. The quantitative estimate of drug-likeness (QED) is 0.230. The molecule has 2 aromatic rings. The molecule has 0 aliphatic carbocycles. The van der Waals surface area contributed by atoms with Crippen molar-refractivity contribution in [2.45, 2.75) is 112 Å². The lowest BCUT2D eigenvalue weighted by Gasteiger charge is -2.35. The van der Waals surface area contributed by atoms with E-state index in [0.29, 0.717) is 13.0 Å². The first-order valence-electron chi connectivity index (χ1n) is 15.1. The minimum absolute atomic E-state index is 0.129. The number of amides is 3. The van der Waals surface area contributed by atoms with Crippen molar-refractivity contribution in [1.82, 2.24) is 10.2 Å². The van der Waals surface area contributed by atoms with Crippen LogP contribution >= 0.6 is 0 Å². The molecule has 2 rings (SSSR count). The molecule has 2 N–H and O–H groups in total. The first-order chi connectivity index (χ1) is 19.3. The number of nitrogens with zero attached hydrogens (tertiary/aromatic N) is 1. The summed E-state index contributed by atoms with van der Waals surface area (Å²) >= 11 is 0. The summed E-state index contributed by atoms with van der Waals surface area (Å²) in [6.45, 7) is 15.9. The molecule has 2 aromatic carbocycles. The zero-order valence-corrected chi connectivity index (χ0v) is 26.4. The van der Waals surface area contributed by atoms with E-state index < -0.39 is 23.8 Å². The van der Waals surface area contributed by atoms with Gasteiger partial charge in [0.1, 0.15) is 17.7 Å². The van der Waals surface area contributed by atoms with Crippen molar-refractivity contribution in [3.63, 3.8) is 0 Å². The molecule has 2 unspecified atom stereocenters. The molecule has 0 aliphatic heterocycles. The predicted octanol–water partition coefficient (Wildman–Crippen LogP) is 7.72. The van der Waals surface area contributed by atoms with E-state index in [9.17, 15) is 14.4 Å². The Hall–Kier alpha value is -3.35. The van der Waals surface area contributed by atoms with Gasteiger partial charge in [0.2, 0.25) is 5.91 Å². The zero-order chi connectivity index (χ0) is 30.6. The lowest BCUT2D eigenvalue weighted by Crippen LogP contribution is -2.53. The summed E-state index contributed by atoms with van der Waals surface area (Å²) in [5.74, 6) is -0.439. The zero-order valence-electron chi connectivity index (χ0n) is 26.4. The van der Waals surface area contributed by atoms with Gasteiger partial charge in [-0.3, -0.25) is 9.59 Å². The Kier molecular flexibility index (Phi) is 13.4. The Balaban J connectivity index is 2.52. The highest BCUT2D eigenvalue weighted by molar-refractivity contribution is 5.99. The Bertz CT molecular complexity index is 1100. The van der Waals surface area contributed by atoms with Crippen molar-refractivity contribution in [1.29, 1.82) is 0 Å². The second-order valence-electron chi connectivity index (χ2n) is 12.3. The van der Waals surface area contributed by atoms with E-state index in [-0.39, 0.29) is 17.7 Å². The van der Waals surface area contributed by atoms with E-state index in [1.54, 1.807) is 25.7 Å². The van der Waals surface area contributed by atoms with Gasteiger partial charge in [-0.2, -0.15) is 0 Å². The van der Waals surface area contributed by atoms with Crippen LogP contribution in [0.4, 0.5) is 10.5 Å². The van der Waals surface area contributed by atoms with Crippen LogP contribution in [0.25, 0.3) is 0 Å². The maximum absolute atomic E-state index is 14.4. The fourth-order valence-corrected chi connectivity index (χ4v) is 4.91. The van der Waals surface area contributed by atoms with Crippen molar-refractivity contribution in [3.05, 3.63) is 65.2 Å². The molecule has 3 amide bonds. The van der Waals surface area contributed by atoms with Gasteiger partial charge in [-0.15, -0.1) is 0 Å². The number of hydrogen-bond donors (Lipinski definition) is 2. The first kappa shape index (κ1) is 33.9. The smallest absolute Gasteiger partial charge is 0.408 e. The monoisotopic (exact) mass is 565 g/mol. The number of carbonyl (C=O) groups excluding carboxylic acids is 3. The second-order valence-corrected chi connectivity index (χ2v) is 12.3. The topological polar surface area (TPSA) is 87.7 Å². The summed E-state index contributed by atoms with van der Waals surface area (Å²) < 4.78 is 5.50. The average Bonchev–Trinajstić information content (AvgIpc) is 2.88. The lowest BCUT2D eigenvalue weighted by atomic mass is 9.98. The molecule has 7 heteroatoms. The van der Waals surface area contributed by atoms with Gasteiger partial charge < -0.3 is 20.3 Å². The minimum Gasteiger partial charge on any atom is -0.444 e. The van der Waals surface area contributed by atoms with E-state index in [0.717, 1.165) is 54.5 Å². The van der Waals surface area contributed by atoms with Crippen LogP contribution in [0.1, 0.15) is 103 Å². The van der Waals surface area contributed by atoms with Gasteiger partial charge >= 0.3 is 6.09 Å². The first-order valence-corrected chi connectivity index (χ1v) is 15.1. The third kappa shape index (κ3) is 11.2. The van der Waals surface area contributed by atoms with Crippen LogP contribution in [0.15, 0.2) is 48.5 Å². The highest BCUT2D eigenvalue weighted by Gasteiger charge is 2.36. The normalized spacial score (nSPS) is 12.9. The van der Waals surface area contributed by atoms with Gasteiger partial charge in [0.15, 0.2) is 0 Å². The molecule has 0 radical (unpaired) electrons. The fourth-order valence-electron chi connectivity index (χ4n) is 4.91. The van der Waals surface area contributed by atoms with Gasteiger partial charge in [-0.25, -0.2) is 4.79 Å². The number of hydrogen-bond acceptors (Lipinski definition) is 4. The molecule has 7 nitrogen and oxygen atoms in total. The molecular weight excluding hydrogens is 514 g/mol. The van der Waals surface area contributed by atoms with Crippen LogP contribution in [0.5, 0.6) is 0 Å². The molecular formula is C34H51N3O4. The van der Waals surface area contributed by atoms with Crippen molar-refractivity contribution >= 4 is 23.6 Å². The van der Waals surface area contributed by atoms with Crippen LogP contribution in [-0.4, -0.2) is 41.0 Å². The van der Waals surface area contributed by atoms with E-state index in [1.807, 2.05) is 76.2 Å². The molecule has 0 heterocycles. The number of nitrogens with one attached hydrogen (secondary N) is 2. The lowest BCUT2D eigenvalue weighted by molar-refractivity contribution is -0.141. The predicted molar refractivity (Wildman–Crippen MR) is 167 cm³/mol. The highest BCUT2D eigenvalue weighted by Crippen LogP contribution is 2.28. The third-order valence-electron chi connectivity index (χ3n) is 6.89. The number of para-hydroxylation sites is 1. The number of rotatable bonds is 14. The molecule has 0 saturated carbocycles. The minimum atomic E-state index is -0.871. The largest absolute Gasteiger partial charge is 0.444 e.